The molecule has 0 fully saturated rings. The van der Waals surface area contributed by atoms with E-state index in [-0.39, 0.29) is 16.0 Å². The van der Waals surface area contributed by atoms with E-state index in [1.54, 1.807) is 6.92 Å². The fraction of sp³-hybridized carbons (Fsp3) is 0.400. The Morgan fingerprint density at radius 1 is 1.50 bits per heavy atom. The number of nitro groups is 1. The van der Waals surface area contributed by atoms with Crippen molar-refractivity contribution in [3.63, 3.8) is 0 Å². The maximum atomic E-state index is 12.4. The third-order valence-corrected chi connectivity index (χ3v) is 3.84. The maximum absolute atomic E-state index is 12.4. The van der Waals surface area contributed by atoms with Gasteiger partial charge in [-0.15, -0.1) is 23.4 Å². The molecule has 0 heterocycles. The van der Waals surface area contributed by atoms with Crippen LogP contribution in [0.1, 0.15) is 12.5 Å². The van der Waals surface area contributed by atoms with Gasteiger partial charge in [-0.05, 0) is 12.1 Å². The van der Waals surface area contributed by atoms with Crippen molar-refractivity contribution in [3.05, 3.63) is 33.9 Å². The summed E-state index contributed by atoms with van der Waals surface area (Å²) in [6.07, 6.45) is -4.59. The quantitative estimate of drug-likeness (QED) is 0.360. The van der Waals surface area contributed by atoms with Crippen molar-refractivity contribution in [2.45, 2.75) is 23.2 Å². The first-order valence-electron chi connectivity index (χ1n) is 4.84. The molecule has 0 bridgehead atoms. The van der Waals surface area contributed by atoms with Crippen LogP contribution in [0.4, 0.5) is 18.9 Å². The molecule has 1 rings (SSSR count). The van der Waals surface area contributed by atoms with Gasteiger partial charge in [0.2, 0.25) is 0 Å². The molecule has 1 unspecified atom stereocenters. The fourth-order valence-electron chi connectivity index (χ4n) is 1.18. The minimum absolute atomic E-state index is 0.123. The van der Waals surface area contributed by atoms with E-state index in [9.17, 15) is 23.3 Å². The Kier molecular flexibility index (Phi) is 4.86. The molecule has 0 aliphatic heterocycles. The van der Waals surface area contributed by atoms with Crippen LogP contribution in [0.3, 0.4) is 0 Å². The number of rotatable bonds is 4. The number of halogens is 4. The SMILES string of the molecule is CC(CCl)Sc1ccc(C(F)(F)F)cc1[N+](=O)[O-]. The van der Waals surface area contributed by atoms with Crippen LogP contribution in [0.2, 0.25) is 0 Å². The number of hydrogen-bond donors (Lipinski definition) is 0. The van der Waals surface area contributed by atoms with Crippen molar-refractivity contribution >= 4 is 29.1 Å². The molecule has 0 N–H and O–H groups in total. The molecule has 0 saturated heterocycles. The molecule has 0 aliphatic rings. The summed E-state index contributed by atoms with van der Waals surface area (Å²) >= 11 is 6.64. The monoisotopic (exact) mass is 299 g/mol. The molecule has 1 aromatic carbocycles. The van der Waals surface area contributed by atoms with Gasteiger partial charge in [-0.2, -0.15) is 13.2 Å². The molecule has 1 aromatic rings. The summed E-state index contributed by atoms with van der Waals surface area (Å²) in [6, 6.07) is 2.48. The van der Waals surface area contributed by atoms with Gasteiger partial charge in [-0.1, -0.05) is 6.92 Å². The number of thioether (sulfide) groups is 1. The summed E-state index contributed by atoms with van der Waals surface area (Å²) in [6.45, 7) is 1.74. The van der Waals surface area contributed by atoms with Crippen molar-refractivity contribution in [3.8, 4) is 0 Å². The van der Waals surface area contributed by atoms with Crippen molar-refractivity contribution in [2.24, 2.45) is 0 Å². The lowest BCUT2D eigenvalue weighted by Gasteiger charge is -2.10. The lowest BCUT2D eigenvalue weighted by Crippen LogP contribution is -2.06. The van der Waals surface area contributed by atoms with Crippen LogP contribution in [0, 0.1) is 10.1 Å². The lowest BCUT2D eigenvalue weighted by atomic mass is 10.2. The van der Waals surface area contributed by atoms with Crippen LogP contribution in [0.15, 0.2) is 23.1 Å². The lowest BCUT2D eigenvalue weighted by molar-refractivity contribution is -0.388. The third-order valence-electron chi connectivity index (χ3n) is 2.03. The standard InChI is InChI=1S/C10H9ClF3NO2S/c1-6(5-11)18-9-3-2-7(10(12,13)14)4-8(9)15(16)17/h2-4,6H,5H2,1H3. The van der Waals surface area contributed by atoms with Crippen molar-refractivity contribution in [2.75, 3.05) is 5.88 Å². The van der Waals surface area contributed by atoms with Crippen LogP contribution in [-0.2, 0) is 6.18 Å². The van der Waals surface area contributed by atoms with E-state index in [1.807, 2.05) is 0 Å². The Morgan fingerprint density at radius 2 is 2.11 bits per heavy atom. The van der Waals surface area contributed by atoms with Crippen LogP contribution >= 0.6 is 23.4 Å². The predicted molar refractivity (Wildman–Crippen MR) is 64.1 cm³/mol. The van der Waals surface area contributed by atoms with Gasteiger partial charge in [0, 0.05) is 17.2 Å². The van der Waals surface area contributed by atoms with E-state index in [4.69, 9.17) is 11.6 Å². The van der Waals surface area contributed by atoms with Gasteiger partial charge in [0.15, 0.2) is 0 Å². The molecular weight excluding hydrogens is 291 g/mol. The summed E-state index contributed by atoms with van der Waals surface area (Å²) < 4.78 is 37.3. The zero-order valence-corrected chi connectivity index (χ0v) is 10.8. The van der Waals surface area contributed by atoms with E-state index < -0.39 is 22.4 Å². The van der Waals surface area contributed by atoms with Crippen LogP contribution < -0.4 is 0 Å². The summed E-state index contributed by atoms with van der Waals surface area (Å²) in [5.41, 5.74) is -1.58. The van der Waals surface area contributed by atoms with Gasteiger partial charge in [0.05, 0.1) is 15.4 Å². The molecule has 18 heavy (non-hydrogen) atoms. The van der Waals surface area contributed by atoms with Gasteiger partial charge in [-0.25, -0.2) is 0 Å². The minimum Gasteiger partial charge on any atom is -0.258 e. The second-order valence-corrected chi connectivity index (χ2v) is 5.31. The van der Waals surface area contributed by atoms with Crippen LogP contribution in [-0.4, -0.2) is 16.1 Å². The van der Waals surface area contributed by atoms with Crippen molar-refractivity contribution < 1.29 is 18.1 Å². The minimum atomic E-state index is -4.59. The normalized spacial score (nSPS) is 13.4. The van der Waals surface area contributed by atoms with E-state index in [0.29, 0.717) is 6.07 Å². The van der Waals surface area contributed by atoms with E-state index in [0.717, 1.165) is 23.9 Å². The van der Waals surface area contributed by atoms with Gasteiger partial charge in [0.25, 0.3) is 5.69 Å². The number of hydrogen-bond acceptors (Lipinski definition) is 3. The van der Waals surface area contributed by atoms with E-state index >= 15 is 0 Å². The molecule has 0 aliphatic carbocycles. The van der Waals surface area contributed by atoms with Crippen molar-refractivity contribution in [1.82, 2.24) is 0 Å². The maximum Gasteiger partial charge on any atom is 0.416 e. The summed E-state index contributed by atoms with van der Waals surface area (Å²) in [4.78, 5) is 10.1. The second-order valence-electron chi connectivity index (χ2n) is 3.52. The molecule has 0 amide bonds. The summed E-state index contributed by atoms with van der Waals surface area (Å²) in [5, 5.41) is 10.6. The predicted octanol–water partition coefficient (Wildman–Crippen LogP) is 4.33. The van der Waals surface area contributed by atoms with Gasteiger partial charge in [0.1, 0.15) is 0 Å². The Hall–Kier alpha value is -0.950. The molecule has 3 nitrogen and oxygen atoms in total. The van der Waals surface area contributed by atoms with Gasteiger partial charge >= 0.3 is 6.18 Å². The van der Waals surface area contributed by atoms with Gasteiger partial charge < -0.3 is 0 Å². The van der Waals surface area contributed by atoms with Crippen LogP contribution in [0.5, 0.6) is 0 Å². The smallest absolute Gasteiger partial charge is 0.258 e. The molecule has 0 aromatic heterocycles. The molecule has 0 spiro atoms. The van der Waals surface area contributed by atoms with Crippen molar-refractivity contribution in [1.29, 1.82) is 0 Å². The Morgan fingerprint density at radius 3 is 2.56 bits per heavy atom. The first kappa shape index (κ1) is 15.1. The molecule has 100 valence electrons. The Bertz CT molecular complexity index is 453. The van der Waals surface area contributed by atoms with E-state index in [1.165, 1.54) is 0 Å². The largest absolute Gasteiger partial charge is 0.416 e. The number of nitrogens with zero attached hydrogens (tertiary/aromatic N) is 1. The Balaban J connectivity index is 3.17. The first-order chi connectivity index (χ1) is 8.25. The number of nitro benzene ring substituents is 1. The third kappa shape index (κ3) is 3.78. The highest BCUT2D eigenvalue weighted by Crippen LogP contribution is 2.37. The zero-order valence-electron chi connectivity index (χ0n) is 9.20. The summed E-state index contributed by atoms with van der Waals surface area (Å²) in [7, 11) is 0. The zero-order chi connectivity index (χ0) is 13.9. The fourth-order valence-corrected chi connectivity index (χ4v) is 2.27. The van der Waals surface area contributed by atoms with E-state index in [2.05, 4.69) is 0 Å². The first-order valence-corrected chi connectivity index (χ1v) is 6.25. The highest BCUT2D eigenvalue weighted by molar-refractivity contribution is 8.00. The van der Waals surface area contributed by atoms with Gasteiger partial charge in [-0.3, -0.25) is 10.1 Å². The van der Waals surface area contributed by atoms with Crippen LogP contribution in [0.25, 0.3) is 0 Å². The Labute approximate surface area is 110 Å². The molecule has 8 heteroatoms. The average Bonchev–Trinajstić information content (AvgIpc) is 2.27. The number of benzene rings is 1. The highest BCUT2D eigenvalue weighted by atomic mass is 35.5. The molecular formula is C10H9ClF3NO2S. The molecule has 0 saturated carbocycles. The number of alkyl halides is 4. The topological polar surface area (TPSA) is 43.1 Å². The highest BCUT2D eigenvalue weighted by Gasteiger charge is 2.33. The molecule has 1 atom stereocenters. The summed E-state index contributed by atoms with van der Waals surface area (Å²) in [5.74, 6) is 0.253. The average molecular weight is 300 g/mol. The molecule has 0 radical (unpaired) electrons. The second kappa shape index (κ2) is 5.79.